The molecule has 1 saturated heterocycles. The van der Waals surface area contributed by atoms with Crippen LogP contribution >= 0.6 is 0 Å². The Morgan fingerprint density at radius 1 is 1.53 bits per heavy atom. The Hall–Kier alpha value is -1.57. The van der Waals surface area contributed by atoms with Crippen LogP contribution in [0.1, 0.15) is 33.6 Å². The second-order valence-corrected chi connectivity index (χ2v) is 5.43. The first-order valence-corrected chi connectivity index (χ1v) is 5.65. The smallest absolute Gasteiger partial charge is 0.410 e. The van der Waals surface area contributed by atoms with Crippen molar-refractivity contribution in [2.45, 2.75) is 39.2 Å². The van der Waals surface area contributed by atoms with E-state index < -0.39 is 17.1 Å². The van der Waals surface area contributed by atoms with E-state index in [2.05, 4.69) is 6.07 Å². The molecule has 94 valence electrons. The summed E-state index contributed by atoms with van der Waals surface area (Å²) in [5.74, 6) is 0. The van der Waals surface area contributed by atoms with Crippen molar-refractivity contribution in [2.24, 2.45) is 5.41 Å². The van der Waals surface area contributed by atoms with Crippen LogP contribution in [-0.4, -0.2) is 36.0 Å². The van der Waals surface area contributed by atoms with Crippen molar-refractivity contribution < 1.29 is 14.3 Å². The van der Waals surface area contributed by atoms with Crippen LogP contribution in [0.15, 0.2) is 0 Å². The fraction of sp³-hybridized carbons (Fsp3) is 0.750. The highest BCUT2D eigenvalue weighted by Gasteiger charge is 2.46. The number of aldehydes is 1. The maximum atomic E-state index is 11.6. The van der Waals surface area contributed by atoms with E-state index in [-0.39, 0.29) is 0 Å². The average Bonchev–Trinajstić information content (AvgIpc) is 2.14. The molecular weight excluding hydrogens is 220 g/mol. The Bertz CT molecular complexity index is 346. The van der Waals surface area contributed by atoms with Gasteiger partial charge in [0.2, 0.25) is 0 Å². The minimum Gasteiger partial charge on any atom is -0.444 e. The standard InChI is InChI=1S/C12H18N2O3/c1-11(2,3)17-10(16)14-8-12(7-13,9-14)5-4-6-15/h6H,4-5,8-9H2,1-3H3. The van der Waals surface area contributed by atoms with Gasteiger partial charge in [0.15, 0.2) is 0 Å². The summed E-state index contributed by atoms with van der Waals surface area (Å²) in [5, 5.41) is 9.05. The first-order valence-electron chi connectivity index (χ1n) is 5.65. The Balaban J connectivity index is 2.47. The summed E-state index contributed by atoms with van der Waals surface area (Å²) in [7, 11) is 0. The second kappa shape index (κ2) is 4.74. The molecule has 0 aromatic heterocycles. The summed E-state index contributed by atoms with van der Waals surface area (Å²) in [5.41, 5.74) is -1.08. The molecule has 0 N–H and O–H groups in total. The van der Waals surface area contributed by atoms with Crippen LogP contribution in [0.3, 0.4) is 0 Å². The van der Waals surface area contributed by atoms with E-state index in [4.69, 9.17) is 10.00 Å². The van der Waals surface area contributed by atoms with Crippen molar-refractivity contribution in [3.8, 4) is 6.07 Å². The molecule has 17 heavy (non-hydrogen) atoms. The van der Waals surface area contributed by atoms with Gasteiger partial charge in [-0.2, -0.15) is 5.26 Å². The predicted octanol–water partition coefficient (Wildman–Crippen LogP) is 1.73. The van der Waals surface area contributed by atoms with Gasteiger partial charge >= 0.3 is 6.09 Å². The van der Waals surface area contributed by atoms with Crippen molar-refractivity contribution in [2.75, 3.05) is 13.1 Å². The molecule has 5 nitrogen and oxygen atoms in total. The fourth-order valence-corrected chi connectivity index (χ4v) is 1.76. The topological polar surface area (TPSA) is 70.4 Å². The van der Waals surface area contributed by atoms with E-state index in [0.29, 0.717) is 25.9 Å². The number of ether oxygens (including phenoxy) is 1. The lowest BCUT2D eigenvalue weighted by Crippen LogP contribution is -2.58. The molecule has 1 fully saturated rings. The number of hydrogen-bond donors (Lipinski definition) is 0. The van der Waals surface area contributed by atoms with Gasteiger partial charge in [0.1, 0.15) is 11.9 Å². The molecule has 5 heteroatoms. The normalized spacial score (nSPS) is 17.9. The molecule has 1 heterocycles. The first kappa shape index (κ1) is 13.5. The number of rotatable bonds is 3. The maximum Gasteiger partial charge on any atom is 0.410 e. The van der Waals surface area contributed by atoms with Gasteiger partial charge in [-0.25, -0.2) is 4.79 Å². The zero-order valence-electron chi connectivity index (χ0n) is 10.5. The van der Waals surface area contributed by atoms with E-state index in [9.17, 15) is 9.59 Å². The Morgan fingerprint density at radius 3 is 2.53 bits per heavy atom. The van der Waals surface area contributed by atoms with Gasteiger partial charge in [-0.1, -0.05) is 0 Å². The number of hydrogen-bond acceptors (Lipinski definition) is 4. The minimum absolute atomic E-state index is 0.353. The van der Waals surface area contributed by atoms with Crippen LogP contribution in [0, 0.1) is 16.7 Å². The van der Waals surface area contributed by atoms with Crippen LogP contribution < -0.4 is 0 Å². The Morgan fingerprint density at radius 2 is 2.12 bits per heavy atom. The van der Waals surface area contributed by atoms with Gasteiger partial charge in [0.05, 0.1) is 11.5 Å². The predicted molar refractivity (Wildman–Crippen MR) is 61.2 cm³/mol. The zero-order valence-corrected chi connectivity index (χ0v) is 10.5. The van der Waals surface area contributed by atoms with E-state index >= 15 is 0 Å². The van der Waals surface area contributed by atoms with Crippen LogP contribution in [0.2, 0.25) is 0 Å². The number of nitriles is 1. The second-order valence-electron chi connectivity index (χ2n) is 5.43. The van der Waals surface area contributed by atoms with Gasteiger partial charge in [-0.15, -0.1) is 0 Å². The molecule has 1 aliphatic rings. The van der Waals surface area contributed by atoms with E-state index in [1.807, 2.05) is 0 Å². The van der Waals surface area contributed by atoms with Gasteiger partial charge in [-0.05, 0) is 27.2 Å². The van der Waals surface area contributed by atoms with E-state index in [1.54, 1.807) is 20.8 Å². The van der Waals surface area contributed by atoms with Crippen molar-refractivity contribution in [3.63, 3.8) is 0 Å². The summed E-state index contributed by atoms with van der Waals surface area (Å²) in [6.45, 7) is 6.11. The Labute approximate surface area is 101 Å². The molecule has 0 saturated carbocycles. The zero-order chi connectivity index (χ0) is 13.1. The van der Waals surface area contributed by atoms with Crippen molar-refractivity contribution in [1.29, 1.82) is 5.26 Å². The monoisotopic (exact) mass is 238 g/mol. The molecule has 0 spiro atoms. The molecule has 0 atom stereocenters. The van der Waals surface area contributed by atoms with Gasteiger partial charge < -0.3 is 14.4 Å². The molecule has 1 aliphatic heterocycles. The van der Waals surface area contributed by atoms with Crippen LogP contribution in [-0.2, 0) is 9.53 Å². The third-order valence-electron chi connectivity index (χ3n) is 2.62. The third-order valence-corrected chi connectivity index (χ3v) is 2.62. The largest absolute Gasteiger partial charge is 0.444 e. The quantitative estimate of drug-likeness (QED) is 0.702. The van der Waals surface area contributed by atoms with E-state index in [0.717, 1.165) is 6.29 Å². The molecule has 0 aromatic carbocycles. The lowest BCUT2D eigenvalue weighted by atomic mass is 9.78. The molecule has 0 aliphatic carbocycles. The number of amides is 1. The maximum absolute atomic E-state index is 11.6. The molecule has 0 radical (unpaired) electrons. The van der Waals surface area contributed by atoms with Crippen LogP contribution in [0.25, 0.3) is 0 Å². The minimum atomic E-state index is -0.558. The number of nitrogens with zero attached hydrogens (tertiary/aromatic N) is 2. The van der Waals surface area contributed by atoms with E-state index in [1.165, 1.54) is 4.90 Å². The third kappa shape index (κ3) is 3.45. The average molecular weight is 238 g/mol. The van der Waals surface area contributed by atoms with Crippen molar-refractivity contribution in [3.05, 3.63) is 0 Å². The summed E-state index contributed by atoms with van der Waals surface area (Å²) >= 11 is 0. The number of likely N-dealkylation sites (tertiary alicyclic amines) is 1. The Kier molecular flexibility index (Phi) is 3.76. The lowest BCUT2D eigenvalue weighted by Gasteiger charge is -2.45. The van der Waals surface area contributed by atoms with Crippen LogP contribution in [0.4, 0.5) is 4.79 Å². The lowest BCUT2D eigenvalue weighted by molar-refractivity contribution is -0.108. The van der Waals surface area contributed by atoms with Crippen molar-refractivity contribution >= 4 is 12.4 Å². The fourth-order valence-electron chi connectivity index (χ4n) is 1.76. The molecule has 0 bridgehead atoms. The summed E-state index contributed by atoms with van der Waals surface area (Å²) in [6.07, 6.45) is 1.27. The van der Waals surface area contributed by atoms with Gasteiger partial charge in [-0.3, -0.25) is 0 Å². The highest BCUT2D eigenvalue weighted by Crippen LogP contribution is 2.35. The molecule has 0 aromatic rings. The summed E-state index contributed by atoms with van der Waals surface area (Å²) < 4.78 is 5.19. The van der Waals surface area contributed by atoms with Gasteiger partial charge in [0.25, 0.3) is 0 Å². The SMILES string of the molecule is CC(C)(C)OC(=O)N1CC(C#N)(CCC=O)C1. The molecule has 1 amide bonds. The van der Waals surface area contributed by atoms with Crippen LogP contribution in [0.5, 0.6) is 0 Å². The van der Waals surface area contributed by atoms with Crippen molar-refractivity contribution in [1.82, 2.24) is 4.90 Å². The highest BCUT2D eigenvalue weighted by atomic mass is 16.6. The first-order chi connectivity index (χ1) is 7.82. The summed E-state index contributed by atoms with van der Waals surface area (Å²) in [4.78, 5) is 23.4. The number of carbonyl (C=O) groups excluding carboxylic acids is 2. The molecular formula is C12H18N2O3. The number of carbonyl (C=O) groups is 2. The molecule has 1 rings (SSSR count). The van der Waals surface area contributed by atoms with Gasteiger partial charge in [0, 0.05) is 19.5 Å². The summed E-state index contributed by atoms with van der Waals surface area (Å²) in [6, 6.07) is 2.19. The highest BCUT2D eigenvalue weighted by molar-refractivity contribution is 5.69. The molecule has 0 unspecified atom stereocenters.